The lowest BCUT2D eigenvalue weighted by atomic mass is 10.3. The molecule has 0 saturated heterocycles. The van der Waals surface area contributed by atoms with Crippen molar-refractivity contribution in [3.8, 4) is 6.07 Å². The number of fused-ring (bicyclic) bond motifs is 1. The maximum atomic E-state index is 10.6. The van der Waals surface area contributed by atoms with E-state index in [9.17, 15) is 15.4 Å². The van der Waals surface area contributed by atoms with Gasteiger partial charge in [0.2, 0.25) is 6.04 Å². The van der Waals surface area contributed by atoms with Crippen LogP contribution in [-0.4, -0.2) is 9.91 Å². The van der Waals surface area contributed by atoms with Crippen molar-refractivity contribution in [3.05, 3.63) is 63.7 Å². The van der Waals surface area contributed by atoms with Crippen LogP contribution in [0.4, 0.5) is 11.4 Å². The molecule has 1 aromatic heterocycles. The van der Waals surface area contributed by atoms with Gasteiger partial charge in [-0.2, -0.15) is 15.5 Å². The molecule has 7 nitrogen and oxygen atoms in total. The Bertz CT molecular complexity index is 894. The van der Waals surface area contributed by atoms with E-state index in [0.29, 0.717) is 10.7 Å². The van der Waals surface area contributed by atoms with E-state index in [1.54, 1.807) is 0 Å². The third-order valence-electron chi connectivity index (χ3n) is 3.02. The van der Waals surface area contributed by atoms with Gasteiger partial charge in [0, 0.05) is 12.1 Å². The smallest absolute Gasteiger partial charge is 0.258 e. The van der Waals surface area contributed by atoms with Crippen LogP contribution in [0.15, 0.2) is 58.8 Å². The number of para-hydroxylation sites is 1. The minimum absolute atomic E-state index is 0.0213. The molecule has 0 aliphatic heterocycles. The normalized spacial score (nSPS) is 12.3. The molecule has 0 aliphatic rings. The Morgan fingerprint density at radius 3 is 2.61 bits per heavy atom. The predicted molar refractivity (Wildman–Crippen MR) is 85.6 cm³/mol. The summed E-state index contributed by atoms with van der Waals surface area (Å²) >= 11 is 1.39. The molecule has 0 bridgehead atoms. The van der Waals surface area contributed by atoms with E-state index in [-0.39, 0.29) is 5.69 Å². The number of rotatable bonds is 4. The standard InChI is InChI=1S/C15H9N5O2S/c16-9-13(15-17-12-3-1-2-4-14(12)23-15)19-18-10-5-7-11(8-6-10)20(21)22/h1-8,13H. The number of nitriles is 1. The summed E-state index contributed by atoms with van der Waals surface area (Å²) in [4.78, 5) is 14.5. The van der Waals surface area contributed by atoms with Crippen molar-refractivity contribution < 1.29 is 4.92 Å². The Hall–Kier alpha value is -3.18. The van der Waals surface area contributed by atoms with Gasteiger partial charge >= 0.3 is 0 Å². The lowest BCUT2D eigenvalue weighted by Crippen LogP contribution is -1.89. The molecule has 1 heterocycles. The summed E-state index contributed by atoms with van der Waals surface area (Å²) in [6.45, 7) is 0. The number of hydrogen-bond acceptors (Lipinski definition) is 7. The van der Waals surface area contributed by atoms with E-state index in [1.165, 1.54) is 35.6 Å². The summed E-state index contributed by atoms with van der Waals surface area (Å²) in [7, 11) is 0. The predicted octanol–water partition coefficient (Wildman–Crippen LogP) is 4.55. The Morgan fingerprint density at radius 2 is 1.96 bits per heavy atom. The molecule has 23 heavy (non-hydrogen) atoms. The van der Waals surface area contributed by atoms with E-state index in [4.69, 9.17) is 0 Å². The van der Waals surface area contributed by atoms with Gasteiger partial charge in [-0.25, -0.2) is 4.98 Å². The average Bonchev–Trinajstić information content (AvgIpc) is 2.99. The zero-order chi connectivity index (χ0) is 16.2. The Kier molecular flexibility index (Phi) is 4.03. The highest BCUT2D eigenvalue weighted by atomic mass is 32.1. The minimum Gasteiger partial charge on any atom is -0.258 e. The van der Waals surface area contributed by atoms with Crippen LogP contribution in [0.2, 0.25) is 0 Å². The van der Waals surface area contributed by atoms with Crippen LogP contribution < -0.4 is 0 Å². The minimum atomic E-state index is -0.803. The van der Waals surface area contributed by atoms with E-state index in [0.717, 1.165) is 10.2 Å². The second-order valence-electron chi connectivity index (χ2n) is 4.54. The number of nitrogens with zero attached hydrogens (tertiary/aromatic N) is 5. The van der Waals surface area contributed by atoms with Crippen molar-refractivity contribution in [2.75, 3.05) is 0 Å². The van der Waals surface area contributed by atoms with Crippen molar-refractivity contribution in [1.29, 1.82) is 5.26 Å². The van der Waals surface area contributed by atoms with Crippen molar-refractivity contribution in [2.45, 2.75) is 6.04 Å². The molecule has 0 fully saturated rings. The van der Waals surface area contributed by atoms with Gasteiger partial charge in [-0.1, -0.05) is 12.1 Å². The molecule has 0 radical (unpaired) electrons. The number of benzene rings is 2. The van der Waals surface area contributed by atoms with Gasteiger partial charge < -0.3 is 0 Å². The molecule has 0 aliphatic carbocycles. The largest absolute Gasteiger partial charge is 0.269 e. The van der Waals surface area contributed by atoms with Gasteiger partial charge in [0.25, 0.3) is 5.69 Å². The fourth-order valence-corrected chi connectivity index (χ4v) is 2.85. The van der Waals surface area contributed by atoms with Crippen molar-refractivity contribution in [2.24, 2.45) is 10.2 Å². The van der Waals surface area contributed by atoms with Gasteiger partial charge in [-0.3, -0.25) is 10.1 Å². The van der Waals surface area contributed by atoms with Crippen molar-refractivity contribution >= 4 is 32.9 Å². The van der Waals surface area contributed by atoms with E-state index < -0.39 is 11.0 Å². The zero-order valence-corrected chi connectivity index (χ0v) is 12.5. The second kappa shape index (κ2) is 6.29. The van der Waals surface area contributed by atoms with Crippen molar-refractivity contribution in [3.63, 3.8) is 0 Å². The maximum absolute atomic E-state index is 10.6. The lowest BCUT2D eigenvalue weighted by Gasteiger charge is -1.97. The first-order chi connectivity index (χ1) is 11.2. The summed E-state index contributed by atoms with van der Waals surface area (Å²) in [5.74, 6) is 0. The lowest BCUT2D eigenvalue weighted by molar-refractivity contribution is -0.384. The number of non-ortho nitro benzene ring substituents is 1. The molecule has 3 aromatic rings. The average molecular weight is 323 g/mol. The van der Waals surface area contributed by atoms with E-state index in [2.05, 4.69) is 21.3 Å². The number of nitro benzene ring substituents is 1. The maximum Gasteiger partial charge on any atom is 0.269 e. The third kappa shape index (κ3) is 3.20. The molecule has 0 spiro atoms. The molecule has 1 atom stereocenters. The number of aromatic nitrogens is 1. The molecule has 0 saturated carbocycles. The number of nitro groups is 1. The van der Waals surface area contributed by atoms with Crippen LogP contribution >= 0.6 is 11.3 Å². The molecule has 8 heteroatoms. The SMILES string of the molecule is N#CC(N=Nc1ccc([N+](=O)[O-])cc1)c1nc2ccccc2s1. The summed E-state index contributed by atoms with van der Waals surface area (Å²) < 4.78 is 0.980. The van der Waals surface area contributed by atoms with Gasteiger partial charge in [-0.05, 0) is 24.3 Å². The van der Waals surface area contributed by atoms with Crippen LogP contribution in [-0.2, 0) is 0 Å². The first-order valence-corrected chi connectivity index (χ1v) is 7.39. The molecule has 0 N–H and O–H groups in total. The Morgan fingerprint density at radius 1 is 1.22 bits per heavy atom. The molecule has 2 aromatic carbocycles. The highest BCUT2D eigenvalue weighted by molar-refractivity contribution is 7.18. The molecular weight excluding hydrogens is 314 g/mol. The first kappa shape index (κ1) is 14.7. The fraction of sp³-hybridized carbons (Fsp3) is 0.0667. The quantitative estimate of drug-likeness (QED) is 0.399. The molecule has 112 valence electrons. The Balaban J connectivity index is 1.84. The van der Waals surface area contributed by atoms with Crippen LogP contribution in [0, 0.1) is 21.4 Å². The van der Waals surface area contributed by atoms with Gasteiger partial charge in [0.05, 0.1) is 26.9 Å². The van der Waals surface area contributed by atoms with Gasteiger partial charge in [0.1, 0.15) is 5.01 Å². The van der Waals surface area contributed by atoms with Crippen molar-refractivity contribution in [1.82, 2.24) is 4.98 Å². The molecule has 0 amide bonds. The second-order valence-corrected chi connectivity index (χ2v) is 5.60. The van der Waals surface area contributed by atoms with E-state index in [1.807, 2.05) is 24.3 Å². The van der Waals surface area contributed by atoms with Gasteiger partial charge in [0.15, 0.2) is 0 Å². The zero-order valence-electron chi connectivity index (χ0n) is 11.7. The highest BCUT2D eigenvalue weighted by Gasteiger charge is 2.15. The summed E-state index contributed by atoms with van der Waals surface area (Å²) in [5, 5.41) is 28.4. The van der Waals surface area contributed by atoms with E-state index >= 15 is 0 Å². The molecular formula is C15H9N5O2S. The molecule has 1 unspecified atom stereocenters. The Labute approximate surface area is 134 Å². The van der Waals surface area contributed by atoms with Crippen LogP contribution in [0.25, 0.3) is 10.2 Å². The fourth-order valence-electron chi connectivity index (χ4n) is 1.90. The highest BCUT2D eigenvalue weighted by Crippen LogP contribution is 2.29. The van der Waals surface area contributed by atoms with Crippen LogP contribution in [0.1, 0.15) is 11.0 Å². The monoisotopic (exact) mass is 323 g/mol. The summed E-state index contributed by atoms with van der Waals surface area (Å²) in [6, 6.07) is 14.5. The van der Waals surface area contributed by atoms with Gasteiger partial charge in [-0.15, -0.1) is 11.3 Å². The summed E-state index contributed by atoms with van der Waals surface area (Å²) in [6.07, 6.45) is 0. The number of azo groups is 1. The summed E-state index contributed by atoms with van der Waals surface area (Å²) in [5.41, 5.74) is 1.24. The third-order valence-corrected chi connectivity index (χ3v) is 4.10. The molecule has 3 rings (SSSR count). The van der Waals surface area contributed by atoms with Crippen LogP contribution in [0.5, 0.6) is 0 Å². The number of thiazole rings is 1. The topological polar surface area (TPSA) is 105 Å². The first-order valence-electron chi connectivity index (χ1n) is 6.58. The van der Waals surface area contributed by atoms with Crippen LogP contribution in [0.3, 0.4) is 0 Å². The number of hydrogen-bond donors (Lipinski definition) is 0.